The molecule has 0 bridgehead atoms. The van der Waals surface area contributed by atoms with Gasteiger partial charge in [0.15, 0.2) is 6.61 Å². The molecular weight excluding hydrogens is 368 g/mol. The number of nitrogens with zero attached hydrogens (tertiary/aromatic N) is 1. The highest BCUT2D eigenvalue weighted by Gasteiger charge is 2.26. The van der Waals surface area contributed by atoms with Crippen LogP contribution in [0.3, 0.4) is 0 Å². The molecule has 0 aliphatic carbocycles. The summed E-state index contributed by atoms with van der Waals surface area (Å²) in [6, 6.07) is 3.78. The molecule has 0 aromatic heterocycles. The van der Waals surface area contributed by atoms with Crippen LogP contribution in [-0.4, -0.2) is 44.4 Å². The number of likely N-dealkylation sites (tertiary alicyclic amines) is 1. The molecule has 2 rings (SSSR count). The number of halogens is 1. The van der Waals surface area contributed by atoms with Crippen molar-refractivity contribution in [3.05, 3.63) is 28.8 Å². The fourth-order valence-electron chi connectivity index (χ4n) is 2.90. The lowest BCUT2D eigenvalue weighted by Crippen LogP contribution is -2.45. The summed E-state index contributed by atoms with van der Waals surface area (Å²) in [4.78, 5) is 25.8. The number of carbonyl (C=O) groups excluding carboxylic acids is 2. The van der Waals surface area contributed by atoms with Crippen LogP contribution in [0.15, 0.2) is 23.1 Å². The average molecular weight is 389 g/mol. The first kappa shape index (κ1) is 19.7. The molecule has 7 nitrogen and oxygen atoms in total. The van der Waals surface area contributed by atoms with Crippen LogP contribution >= 0.6 is 11.6 Å². The lowest BCUT2D eigenvalue weighted by molar-refractivity contribution is -0.138. The first-order valence-electron chi connectivity index (χ1n) is 8.03. The van der Waals surface area contributed by atoms with Crippen molar-refractivity contribution in [2.75, 3.05) is 13.2 Å². The van der Waals surface area contributed by atoms with Crippen LogP contribution in [0.25, 0.3) is 0 Å². The second-order valence-corrected chi connectivity index (χ2v) is 7.85. The highest BCUT2D eigenvalue weighted by atomic mass is 35.5. The Morgan fingerprint density at radius 3 is 2.72 bits per heavy atom. The fraction of sp³-hybridized carbons (Fsp3) is 0.500. The number of ether oxygens (including phenoxy) is 1. The largest absolute Gasteiger partial charge is 0.452 e. The Morgan fingerprint density at radius 1 is 1.36 bits per heavy atom. The zero-order valence-corrected chi connectivity index (χ0v) is 15.5. The summed E-state index contributed by atoms with van der Waals surface area (Å²) in [6.45, 7) is 2.29. The second kappa shape index (κ2) is 8.16. The summed E-state index contributed by atoms with van der Waals surface area (Å²) < 4.78 is 27.9. The van der Waals surface area contributed by atoms with Crippen molar-refractivity contribution in [3.63, 3.8) is 0 Å². The zero-order chi connectivity index (χ0) is 18.6. The van der Waals surface area contributed by atoms with Gasteiger partial charge in [-0.15, -0.1) is 0 Å². The topological polar surface area (TPSA) is 107 Å². The molecule has 138 valence electrons. The van der Waals surface area contributed by atoms with E-state index in [2.05, 4.69) is 0 Å². The minimum absolute atomic E-state index is 0.0353. The van der Waals surface area contributed by atoms with Gasteiger partial charge in [0.25, 0.3) is 5.91 Å². The molecule has 1 aromatic rings. The molecule has 1 atom stereocenters. The molecule has 1 heterocycles. The monoisotopic (exact) mass is 388 g/mol. The molecule has 9 heteroatoms. The average Bonchev–Trinajstić information content (AvgIpc) is 2.58. The number of hydrogen-bond donors (Lipinski definition) is 1. The number of nitrogens with two attached hydrogens (primary N) is 1. The van der Waals surface area contributed by atoms with Gasteiger partial charge in [0, 0.05) is 12.6 Å². The van der Waals surface area contributed by atoms with Gasteiger partial charge in [0.1, 0.15) is 4.90 Å². The molecule has 1 aliphatic rings. The summed E-state index contributed by atoms with van der Waals surface area (Å²) in [7, 11) is -4.06. The van der Waals surface area contributed by atoms with Crippen LogP contribution in [0, 0.1) is 0 Å². The van der Waals surface area contributed by atoms with Crippen molar-refractivity contribution in [3.8, 4) is 0 Å². The van der Waals surface area contributed by atoms with E-state index in [-0.39, 0.29) is 34.0 Å². The lowest BCUT2D eigenvalue weighted by Gasteiger charge is -2.35. The van der Waals surface area contributed by atoms with E-state index in [1.165, 1.54) is 12.1 Å². The third kappa shape index (κ3) is 4.93. The van der Waals surface area contributed by atoms with Gasteiger partial charge < -0.3 is 9.64 Å². The molecule has 2 N–H and O–H groups in total. The quantitative estimate of drug-likeness (QED) is 0.775. The number of amides is 1. The Morgan fingerprint density at radius 2 is 2.08 bits per heavy atom. The van der Waals surface area contributed by atoms with Crippen molar-refractivity contribution < 1.29 is 22.7 Å². The third-order valence-corrected chi connectivity index (χ3v) is 5.61. The van der Waals surface area contributed by atoms with E-state index in [9.17, 15) is 18.0 Å². The lowest BCUT2D eigenvalue weighted by atomic mass is 10.00. The van der Waals surface area contributed by atoms with E-state index in [4.69, 9.17) is 21.5 Å². The predicted molar refractivity (Wildman–Crippen MR) is 92.8 cm³/mol. The van der Waals surface area contributed by atoms with Gasteiger partial charge in [0.05, 0.1) is 10.6 Å². The van der Waals surface area contributed by atoms with E-state index in [1.807, 2.05) is 6.92 Å². The maximum atomic E-state index is 12.3. The number of primary sulfonamides is 1. The molecule has 1 fully saturated rings. The standard InChI is InChI=1S/C16H21ClN2O5S/c1-2-12-5-3-4-8-19(12)15(20)10-24-16(21)11-6-7-13(17)14(9-11)25(18,22)23/h6-7,9,12H,2-5,8,10H2,1H3,(H2,18,22,23). The molecule has 1 aromatic carbocycles. The van der Waals surface area contributed by atoms with Gasteiger partial charge >= 0.3 is 5.97 Å². The van der Waals surface area contributed by atoms with Crippen molar-refractivity contribution in [2.45, 2.75) is 43.5 Å². The van der Waals surface area contributed by atoms with Crippen molar-refractivity contribution in [2.24, 2.45) is 5.14 Å². The number of esters is 1. The molecule has 0 saturated carbocycles. The first-order chi connectivity index (χ1) is 11.7. The summed E-state index contributed by atoms with van der Waals surface area (Å²) in [6.07, 6.45) is 3.83. The highest BCUT2D eigenvalue weighted by Crippen LogP contribution is 2.22. The van der Waals surface area contributed by atoms with Gasteiger partial charge in [-0.05, 0) is 43.9 Å². The molecular formula is C16H21ClN2O5S. The molecule has 1 unspecified atom stereocenters. The Kier molecular flexibility index (Phi) is 6.42. The maximum absolute atomic E-state index is 12.3. The number of hydrogen-bond acceptors (Lipinski definition) is 5. The molecule has 1 aliphatic heterocycles. The summed E-state index contributed by atoms with van der Waals surface area (Å²) >= 11 is 5.77. The van der Waals surface area contributed by atoms with Crippen LogP contribution in [0.1, 0.15) is 43.0 Å². The molecule has 1 amide bonds. The maximum Gasteiger partial charge on any atom is 0.338 e. The number of carbonyl (C=O) groups is 2. The molecule has 1 saturated heterocycles. The van der Waals surface area contributed by atoms with Crippen LogP contribution in [-0.2, 0) is 19.6 Å². The van der Waals surface area contributed by atoms with Crippen molar-refractivity contribution in [1.82, 2.24) is 4.90 Å². The molecule has 0 spiro atoms. The smallest absolute Gasteiger partial charge is 0.338 e. The number of rotatable bonds is 5. The summed E-state index contributed by atoms with van der Waals surface area (Å²) in [5.41, 5.74) is -0.0353. The van der Waals surface area contributed by atoms with E-state index in [0.717, 1.165) is 31.7 Å². The summed E-state index contributed by atoms with van der Waals surface area (Å²) in [5.74, 6) is -1.06. The number of sulfonamides is 1. The van der Waals surface area contributed by atoms with Crippen molar-refractivity contribution >= 4 is 33.5 Å². The van der Waals surface area contributed by atoms with Crippen LogP contribution in [0.2, 0.25) is 5.02 Å². The van der Waals surface area contributed by atoms with E-state index in [1.54, 1.807) is 4.90 Å². The van der Waals surface area contributed by atoms with Crippen molar-refractivity contribution in [1.29, 1.82) is 0 Å². The SMILES string of the molecule is CCC1CCCCN1C(=O)COC(=O)c1ccc(Cl)c(S(N)(=O)=O)c1. The Labute approximate surface area is 152 Å². The van der Waals surface area contributed by atoms with Gasteiger partial charge in [0.2, 0.25) is 10.0 Å². The second-order valence-electron chi connectivity index (χ2n) is 5.91. The van der Waals surface area contributed by atoms with Gasteiger partial charge in [-0.25, -0.2) is 18.4 Å². The predicted octanol–water partition coefficient (Wildman–Crippen LogP) is 1.94. The van der Waals surface area contributed by atoms with Gasteiger partial charge in [-0.2, -0.15) is 0 Å². The minimum Gasteiger partial charge on any atom is -0.452 e. The van der Waals surface area contributed by atoms with E-state index < -0.39 is 16.0 Å². The number of benzene rings is 1. The Bertz CT molecular complexity index is 766. The van der Waals surface area contributed by atoms with E-state index in [0.29, 0.717) is 6.54 Å². The first-order valence-corrected chi connectivity index (χ1v) is 9.95. The van der Waals surface area contributed by atoms with Crippen LogP contribution in [0.4, 0.5) is 0 Å². The highest BCUT2D eigenvalue weighted by molar-refractivity contribution is 7.89. The molecule has 0 radical (unpaired) electrons. The fourth-order valence-corrected chi connectivity index (χ4v) is 3.97. The van der Waals surface area contributed by atoms with E-state index >= 15 is 0 Å². The minimum atomic E-state index is -4.06. The van der Waals surface area contributed by atoms with Gasteiger partial charge in [-0.3, -0.25) is 4.79 Å². The van der Waals surface area contributed by atoms with Gasteiger partial charge in [-0.1, -0.05) is 18.5 Å². The number of piperidine rings is 1. The Hall–Kier alpha value is -1.64. The zero-order valence-electron chi connectivity index (χ0n) is 13.9. The molecule has 25 heavy (non-hydrogen) atoms. The summed E-state index contributed by atoms with van der Waals surface area (Å²) in [5, 5.41) is 4.96. The van der Waals surface area contributed by atoms with Crippen LogP contribution in [0.5, 0.6) is 0 Å². The normalized spacial score (nSPS) is 18.0. The third-order valence-electron chi connectivity index (χ3n) is 4.22. The van der Waals surface area contributed by atoms with Crippen LogP contribution < -0.4 is 5.14 Å². The Balaban J connectivity index is 2.04.